The minimum Gasteiger partial charge on any atom is -0.486 e. The number of nitrogens with one attached hydrogen (secondary N) is 2. The van der Waals surface area contributed by atoms with Crippen LogP contribution in [0.25, 0.3) is 21.7 Å². The first-order valence-corrected chi connectivity index (χ1v) is 9.94. The van der Waals surface area contributed by atoms with E-state index >= 15 is 0 Å². The lowest BCUT2D eigenvalue weighted by molar-refractivity contribution is 0.171. The maximum atomic E-state index is 5.65. The fourth-order valence-electron chi connectivity index (χ4n) is 3.79. The van der Waals surface area contributed by atoms with E-state index in [1.807, 2.05) is 25.1 Å². The van der Waals surface area contributed by atoms with Crippen molar-refractivity contribution >= 4 is 33.1 Å². The number of benzene rings is 3. The molecule has 5 heteroatoms. The highest BCUT2D eigenvalue weighted by atomic mass is 16.6. The molecule has 0 radical (unpaired) electrons. The Kier molecular flexibility index (Phi) is 4.56. The SMILES string of the molecule is Cc1cc(NCCNc2ccc3c(c2)OCCO3)c2ccc3ccccc3c2n1. The van der Waals surface area contributed by atoms with Crippen molar-refractivity contribution in [1.29, 1.82) is 0 Å². The van der Waals surface area contributed by atoms with Gasteiger partial charge in [0.15, 0.2) is 11.5 Å². The highest BCUT2D eigenvalue weighted by molar-refractivity contribution is 6.09. The monoisotopic (exact) mass is 385 g/mol. The van der Waals surface area contributed by atoms with Gasteiger partial charge in [-0.3, -0.25) is 4.98 Å². The van der Waals surface area contributed by atoms with Gasteiger partial charge in [-0.2, -0.15) is 0 Å². The second kappa shape index (κ2) is 7.51. The van der Waals surface area contributed by atoms with E-state index in [1.54, 1.807) is 0 Å². The van der Waals surface area contributed by atoms with Crippen LogP contribution in [-0.2, 0) is 0 Å². The van der Waals surface area contributed by atoms with Crippen LogP contribution in [0.3, 0.4) is 0 Å². The number of hydrogen-bond donors (Lipinski definition) is 2. The summed E-state index contributed by atoms with van der Waals surface area (Å²) in [6, 6.07) is 20.8. The van der Waals surface area contributed by atoms with Crippen molar-refractivity contribution in [2.24, 2.45) is 0 Å². The third kappa shape index (κ3) is 3.51. The van der Waals surface area contributed by atoms with Crippen molar-refractivity contribution in [3.63, 3.8) is 0 Å². The highest BCUT2D eigenvalue weighted by Crippen LogP contribution is 2.33. The van der Waals surface area contributed by atoms with Crippen LogP contribution in [0.1, 0.15) is 5.69 Å². The molecule has 5 rings (SSSR count). The average Bonchev–Trinajstić information content (AvgIpc) is 2.76. The van der Waals surface area contributed by atoms with Gasteiger partial charge in [0.05, 0.1) is 5.52 Å². The van der Waals surface area contributed by atoms with Gasteiger partial charge >= 0.3 is 0 Å². The number of aromatic nitrogens is 1. The Hall–Kier alpha value is -3.47. The van der Waals surface area contributed by atoms with Crippen LogP contribution in [0.4, 0.5) is 11.4 Å². The number of anilines is 2. The first kappa shape index (κ1) is 17.6. The molecule has 1 aliphatic rings. The van der Waals surface area contributed by atoms with Gasteiger partial charge in [-0.15, -0.1) is 0 Å². The fourth-order valence-corrected chi connectivity index (χ4v) is 3.79. The number of rotatable bonds is 5. The molecule has 2 heterocycles. The minimum atomic E-state index is 0.598. The summed E-state index contributed by atoms with van der Waals surface area (Å²) in [6.45, 7) is 4.83. The number of nitrogens with zero attached hydrogens (tertiary/aromatic N) is 1. The zero-order valence-electron chi connectivity index (χ0n) is 16.4. The van der Waals surface area contributed by atoms with E-state index in [9.17, 15) is 0 Å². The largest absolute Gasteiger partial charge is 0.486 e. The lowest BCUT2D eigenvalue weighted by Crippen LogP contribution is -2.16. The maximum absolute atomic E-state index is 5.65. The summed E-state index contributed by atoms with van der Waals surface area (Å²) in [5.74, 6) is 1.61. The number of ether oxygens (including phenoxy) is 2. The van der Waals surface area contributed by atoms with Crippen molar-refractivity contribution in [2.75, 3.05) is 36.9 Å². The summed E-state index contributed by atoms with van der Waals surface area (Å²) in [4.78, 5) is 4.80. The van der Waals surface area contributed by atoms with Gasteiger partial charge in [-0.25, -0.2) is 0 Å². The normalized spacial score (nSPS) is 12.9. The second-order valence-corrected chi connectivity index (χ2v) is 7.21. The molecule has 0 spiro atoms. The Labute approximate surface area is 169 Å². The smallest absolute Gasteiger partial charge is 0.163 e. The van der Waals surface area contributed by atoms with E-state index in [2.05, 4.69) is 53.1 Å². The summed E-state index contributed by atoms with van der Waals surface area (Å²) in [6.07, 6.45) is 0. The molecular formula is C24H23N3O2. The predicted octanol–water partition coefficient (Wildman–Crippen LogP) is 4.99. The summed E-state index contributed by atoms with van der Waals surface area (Å²) < 4.78 is 11.2. The Bertz CT molecular complexity index is 1190. The number of fused-ring (bicyclic) bond motifs is 4. The molecule has 2 N–H and O–H groups in total. The molecule has 0 atom stereocenters. The highest BCUT2D eigenvalue weighted by Gasteiger charge is 2.11. The van der Waals surface area contributed by atoms with E-state index in [-0.39, 0.29) is 0 Å². The van der Waals surface area contributed by atoms with E-state index in [0.29, 0.717) is 13.2 Å². The Balaban J connectivity index is 1.31. The minimum absolute atomic E-state index is 0.598. The van der Waals surface area contributed by atoms with Crippen LogP contribution in [-0.4, -0.2) is 31.3 Å². The molecule has 0 unspecified atom stereocenters. The lowest BCUT2D eigenvalue weighted by atomic mass is 10.0. The van der Waals surface area contributed by atoms with E-state index in [1.165, 1.54) is 10.8 Å². The first-order chi connectivity index (χ1) is 14.3. The Morgan fingerprint density at radius 2 is 1.66 bits per heavy atom. The van der Waals surface area contributed by atoms with Gasteiger partial charge in [0.2, 0.25) is 0 Å². The predicted molar refractivity (Wildman–Crippen MR) is 118 cm³/mol. The van der Waals surface area contributed by atoms with E-state index < -0.39 is 0 Å². The molecule has 0 saturated carbocycles. The first-order valence-electron chi connectivity index (χ1n) is 9.94. The van der Waals surface area contributed by atoms with Gasteiger partial charge < -0.3 is 20.1 Å². The van der Waals surface area contributed by atoms with Crippen LogP contribution in [0.15, 0.2) is 60.7 Å². The second-order valence-electron chi connectivity index (χ2n) is 7.21. The van der Waals surface area contributed by atoms with Gasteiger partial charge in [0.1, 0.15) is 13.2 Å². The van der Waals surface area contributed by atoms with Crippen LogP contribution in [0, 0.1) is 6.92 Å². The molecule has 0 saturated heterocycles. The van der Waals surface area contributed by atoms with Crippen LogP contribution >= 0.6 is 0 Å². The number of pyridine rings is 1. The summed E-state index contributed by atoms with van der Waals surface area (Å²) >= 11 is 0. The molecule has 1 aliphatic heterocycles. The molecule has 3 aromatic carbocycles. The van der Waals surface area contributed by atoms with Crippen molar-refractivity contribution in [3.8, 4) is 11.5 Å². The molecular weight excluding hydrogens is 362 g/mol. The van der Waals surface area contributed by atoms with Gasteiger partial charge in [-0.1, -0.05) is 36.4 Å². The van der Waals surface area contributed by atoms with Crippen molar-refractivity contribution < 1.29 is 9.47 Å². The molecule has 4 aromatic rings. The molecule has 5 nitrogen and oxygen atoms in total. The third-order valence-electron chi connectivity index (χ3n) is 5.14. The molecule has 0 aliphatic carbocycles. The molecule has 0 amide bonds. The van der Waals surface area contributed by atoms with Crippen LogP contribution in [0.5, 0.6) is 11.5 Å². The summed E-state index contributed by atoms with van der Waals surface area (Å²) in [5, 5.41) is 10.6. The van der Waals surface area contributed by atoms with Crippen molar-refractivity contribution in [3.05, 3.63) is 66.4 Å². The average molecular weight is 385 g/mol. The van der Waals surface area contributed by atoms with Crippen molar-refractivity contribution in [2.45, 2.75) is 6.92 Å². The summed E-state index contributed by atoms with van der Waals surface area (Å²) in [5.41, 5.74) is 4.20. The lowest BCUT2D eigenvalue weighted by Gasteiger charge is -2.19. The Morgan fingerprint density at radius 1 is 0.828 bits per heavy atom. The summed E-state index contributed by atoms with van der Waals surface area (Å²) in [7, 11) is 0. The Morgan fingerprint density at radius 3 is 2.59 bits per heavy atom. The molecule has 0 bridgehead atoms. The van der Waals surface area contributed by atoms with Crippen molar-refractivity contribution in [1.82, 2.24) is 4.98 Å². The standard InChI is InChI=1S/C24H23N3O2/c1-16-14-21(20-8-6-17-4-2-3-5-19(17)24(20)27-16)26-11-10-25-18-7-9-22-23(15-18)29-13-12-28-22/h2-9,14-15,25H,10-13H2,1H3,(H,26,27). The number of aryl methyl sites for hydroxylation is 1. The maximum Gasteiger partial charge on any atom is 0.163 e. The van der Waals surface area contributed by atoms with Gasteiger partial charge in [0, 0.05) is 47.0 Å². The quantitative estimate of drug-likeness (QED) is 0.374. The zero-order valence-corrected chi connectivity index (χ0v) is 16.4. The molecule has 1 aromatic heterocycles. The molecule has 29 heavy (non-hydrogen) atoms. The van der Waals surface area contributed by atoms with Crippen LogP contribution < -0.4 is 20.1 Å². The van der Waals surface area contributed by atoms with E-state index in [0.717, 1.165) is 52.6 Å². The zero-order chi connectivity index (χ0) is 19.6. The topological polar surface area (TPSA) is 55.4 Å². The van der Waals surface area contributed by atoms with Crippen LogP contribution in [0.2, 0.25) is 0 Å². The van der Waals surface area contributed by atoms with Gasteiger partial charge in [0.25, 0.3) is 0 Å². The fraction of sp³-hybridized carbons (Fsp3) is 0.208. The van der Waals surface area contributed by atoms with Gasteiger partial charge in [-0.05, 0) is 30.5 Å². The van der Waals surface area contributed by atoms with E-state index in [4.69, 9.17) is 14.5 Å². The molecule has 0 fully saturated rings. The number of hydrogen-bond acceptors (Lipinski definition) is 5. The molecule has 146 valence electrons. The third-order valence-corrected chi connectivity index (χ3v) is 5.14.